The van der Waals surface area contributed by atoms with Crippen LogP contribution in [-0.2, 0) is 38.2 Å². The molecule has 0 aromatic heterocycles. The van der Waals surface area contributed by atoms with Gasteiger partial charge in [0.2, 0.25) is 5.91 Å². The summed E-state index contributed by atoms with van der Waals surface area (Å²) in [6, 6.07) is 24.5. The van der Waals surface area contributed by atoms with E-state index in [0.717, 1.165) is 11.1 Å². The minimum atomic E-state index is -1.41. The van der Waals surface area contributed by atoms with Crippen LogP contribution in [0.25, 0.3) is 0 Å². The van der Waals surface area contributed by atoms with Gasteiger partial charge in [0.1, 0.15) is 18.7 Å². The van der Waals surface area contributed by atoms with E-state index in [1.165, 1.54) is 0 Å². The molecule has 0 aliphatic carbocycles. The Morgan fingerprint density at radius 3 is 1.92 bits per heavy atom. The van der Waals surface area contributed by atoms with Crippen molar-refractivity contribution in [2.24, 2.45) is 0 Å². The van der Waals surface area contributed by atoms with Crippen molar-refractivity contribution < 1.29 is 28.4 Å². The number of hydrogen-bond acceptors (Lipinski definition) is 5. The maximum Gasteiger partial charge on any atom is 0.408 e. The summed E-state index contributed by atoms with van der Waals surface area (Å²) >= 11 is 0. The molecule has 0 radical (unpaired) electrons. The van der Waals surface area contributed by atoms with Gasteiger partial charge in [-0.1, -0.05) is 78.9 Å². The van der Waals surface area contributed by atoms with Gasteiger partial charge in [-0.15, -0.1) is 0 Å². The zero-order valence-corrected chi connectivity index (χ0v) is 20.4. The number of alkyl carbamates (subject to hydrolysis) is 1. The highest BCUT2D eigenvalue weighted by Crippen LogP contribution is 2.10. The van der Waals surface area contributed by atoms with Gasteiger partial charge in [-0.3, -0.25) is 9.00 Å². The molecule has 3 aromatic carbocycles. The van der Waals surface area contributed by atoms with E-state index in [-0.39, 0.29) is 25.2 Å². The van der Waals surface area contributed by atoms with Gasteiger partial charge in [-0.2, -0.15) is 0 Å². The van der Waals surface area contributed by atoms with Crippen LogP contribution < -0.4 is 10.6 Å². The van der Waals surface area contributed by atoms with Crippen LogP contribution in [0.2, 0.25) is 0 Å². The van der Waals surface area contributed by atoms with Gasteiger partial charge >= 0.3 is 12.1 Å². The molecule has 0 fully saturated rings. The monoisotopic (exact) mass is 508 g/mol. The molecule has 0 saturated heterocycles. The summed E-state index contributed by atoms with van der Waals surface area (Å²) in [5, 5.41) is 14.7. The molecule has 3 atom stereocenters. The minimum Gasteiger partial charge on any atom is -0.480 e. The van der Waals surface area contributed by atoms with E-state index in [0.29, 0.717) is 4.90 Å². The normalized spacial score (nSPS) is 13.1. The number of rotatable bonds is 12. The number of hydrogen-bond donors (Lipinski definition) is 3. The molecule has 2 amide bonds. The van der Waals surface area contributed by atoms with Gasteiger partial charge < -0.3 is 20.5 Å². The molecular weight excluding hydrogens is 480 g/mol. The number of ether oxygens (including phenoxy) is 1. The Hall–Kier alpha value is -3.98. The molecule has 8 nitrogen and oxygen atoms in total. The van der Waals surface area contributed by atoms with Gasteiger partial charge in [0.25, 0.3) is 0 Å². The number of carbonyl (C=O) groups excluding carboxylic acids is 2. The summed E-state index contributed by atoms with van der Waals surface area (Å²) < 4.78 is 17.7. The van der Waals surface area contributed by atoms with Crippen LogP contribution in [0.4, 0.5) is 4.79 Å². The first-order chi connectivity index (χ1) is 17.4. The lowest BCUT2D eigenvalue weighted by atomic mass is 10.0. The van der Waals surface area contributed by atoms with Crippen LogP contribution in [0.3, 0.4) is 0 Å². The fraction of sp³-hybridized carbons (Fsp3) is 0.222. The molecule has 0 aliphatic rings. The SMILES string of the molecule is O=C(N[C@@H](Cc1ccccc1)C(=O)N[C@H](CC[S@@](=O)c1ccccc1)C(=O)O)OCc1ccccc1. The second kappa shape index (κ2) is 13.8. The number of aliphatic carboxylic acids is 1. The van der Waals surface area contributed by atoms with Crippen molar-refractivity contribution in [1.29, 1.82) is 0 Å². The number of amides is 2. The summed E-state index contributed by atoms with van der Waals surface area (Å²) in [7, 11) is -1.41. The van der Waals surface area contributed by atoms with E-state index < -0.39 is 40.9 Å². The first-order valence-corrected chi connectivity index (χ1v) is 12.7. The number of carboxylic acids is 1. The lowest BCUT2D eigenvalue weighted by Crippen LogP contribution is -2.52. The van der Waals surface area contributed by atoms with Crippen LogP contribution in [0, 0.1) is 0 Å². The zero-order valence-electron chi connectivity index (χ0n) is 19.5. The van der Waals surface area contributed by atoms with Gasteiger partial charge in [-0.05, 0) is 29.7 Å². The Morgan fingerprint density at radius 1 is 0.778 bits per heavy atom. The van der Waals surface area contributed by atoms with E-state index in [1.807, 2.05) is 24.3 Å². The number of benzene rings is 3. The Balaban J connectivity index is 1.64. The fourth-order valence-corrected chi connectivity index (χ4v) is 4.56. The molecule has 0 unspecified atom stereocenters. The van der Waals surface area contributed by atoms with E-state index in [1.54, 1.807) is 66.7 Å². The summed E-state index contributed by atoms with van der Waals surface area (Å²) in [5.41, 5.74) is 1.56. The first-order valence-electron chi connectivity index (χ1n) is 11.4. The Bertz CT molecular complexity index is 1160. The molecule has 3 aromatic rings. The van der Waals surface area contributed by atoms with Crippen molar-refractivity contribution in [1.82, 2.24) is 10.6 Å². The first kappa shape index (κ1) is 26.6. The molecule has 3 rings (SSSR count). The molecular formula is C27H28N2O6S. The third kappa shape index (κ3) is 8.66. The maximum atomic E-state index is 13.1. The lowest BCUT2D eigenvalue weighted by Gasteiger charge is -2.21. The predicted octanol–water partition coefficient (Wildman–Crippen LogP) is 3.29. The van der Waals surface area contributed by atoms with Crippen molar-refractivity contribution in [3.8, 4) is 0 Å². The van der Waals surface area contributed by atoms with Crippen molar-refractivity contribution in [3.05, 3.63) is 102 Å². The van der Waals surface area contributed by atoms with Gasteiger partial charge in [0.05, 0.1) is 10.8 Å². The minimum absolute atomic E-state index is 0.0232. The smallest absolute Gasteiger partial charge is 0.408 e. The topological polar surface area (TPSA) is 122 Å². The predicted molar refractivity (Wildman–Crippen MR) is 136 cm³/mol. The summed E-state index contributed by atoms with van der Waals surface area (Å²) in [4.78, 5) is 37.9. The van der Waals surface area contributed by atoms with E-state index in [9.17, 15) is 23.7 Å². The molecule has 0 heterocycles. The van der Waals surface area contributed by atoms with Crippen LogP contribution in [0.1, 0.15) is 17.5 Å². The van der Waals surface area contributed by atoms with Crippen LogP contribution >= 0.6 is 0 Å². The van der Waals surface area contributed by atoms with Gasteiger partial charge in [-0.25, -0.2) is 9.59 Å². The number of carbonyl (C=O) groups is 3. The Labute approximate surface area is 212 Å². The fourth-order valence-electron chi connectivity index (χ4n) is 3.41. The summed E-state index contributed by atoms with van der Waals surface area (Å²) in [6.45, 7) is 0.0232. The van der Waals surface area contributed by atoms with Crippen molar-refractivity contribution in [2.45, 2.75) is 36.4 Å². The second-order valence-corrected chi connectivity index (χ2v) is 9.57. The largest absolute Gasteiger partial charge is 0.480 e. The van der Waals surface area contributed by atoms with E-state index in [4.69, 9.17) is 4.74 Å². The third-order valence-electron chi connectivity index (χ3n) is 5.32. The molecule has 0 bridgehead atoms. The average molecular weight is 509 g/mol. The molecule has 0 saturated carbocycles. The van der Waals surface area contributed by atoms with Crippen molar-refractivity contribution >= 4 is 28.8 Å². The summed E-state index contributed by atoms with van der Waals surface area (Å²) in [6.07, 6.45) is -0.707. The quantitative estimate of drug-likeness (QED) is 0.345. The average Bonchev–Trinajstić information content (AvgIpc) is 2.90. The molecule has 188 valence electrons. The van der Waals surface area contributed by atoms with Crippen LogP contribution in [0.5, 0.6) is 0 Å². The molecule has 0 aliphatic heterocycles. The standard InChI is InChI=1S/C27H28N2O6S/c30-25(28-23(26(31)32)16-17-36(34)22-14-8-3-9-15-22)24(18-20-10-4-1-5-11-20)29-27(33)35-19-21-12-6-2-7-13-21/h1-15,23-24H,16-19H2,(H,28,30)(H,29,33)(H,31,32)/t23-,24+,36-/m1/s1. The van der Waals surface area contributed by atoms with Crippen molar-refractivity contribution in [2.75, 3.05) is 5.75 Å². The third-order valence-corrected chi connectivity index (χ3v) is 6.72. The maximum absolute atomic E-state index is 13.1. The highest BCUT2D eigenvalue weighted by atomic mass is 32.2. The number of carboxylic acid groups (broad SMARTS) is 1. The Morgan fingerprint density at radius 2 is 1.33 bits per heavy atom. The molecule has 36 heavy (non-hydrogen) atoms. The second-order valence-electron chi connectivity index (χ2n) is 8.00. The van der Waals surface area contributed by atoms with Crippen LogP contribution in [-0.4, -0.2) is 45.1 Å². The van der Waals surface area contributed by atoms with E-state index >= 15 is 0 Å². The van der Waals surface area contributed by atoms with Gasteiger partial charge in [0.15, 0.2) is 0 Å². The Kier molecular flexibility index (Phi) is 10.2. The zero-order chi connectivity index (χ0) is 25.8. The highest BCUT2D eigenvalue weighted by molar-refractivity contribution is 7.85. The highest BCUT2D eigenvalue weighted by Gasteiger charge is 2.27. The van der Waals surface area contributed by atoms with Gasteiger partial charge in [0, 0.05) is 17.1 Å². The summed E-state index contributed by atoms with van der Waals surface area (Å²) in [5.74, 6) is -1.87. The van der Waals surface area contributed by atoms with Crippen LogP contribution in [0.15, 0.2) is 95.9 Å². The molecule has 3 N–H and O–H groups in total. The molecule has 9 heteroatoms. The van der Waals surface area contributed by atoms with Crippen molar-refractivity contribution in [3.63, 3.8) is 0 Å². The lowest BCUT2D eigenvalue weighted by molar-refractivity contribution is -0.142. The molecule has 0 spiro atoms. The number of nitrogens with one attached hydrogen (secondary N) is 2. The van der Waals surface area contributed by atoms with E-state index in [2.05, 4.69) is 10.6 Å².